The molecule has 0 radical (unpaired) electrons. The second kappa shape index (κ2) is 8.34. The molecule has 1 aliphatic heterocycles. The summed E-state index contributed by atoms with van der Waals surface area (Å²) >= 11 is 5.55. The van der Waals surface area contributed by atoms with E-state index in [9.17, 15) is 0 Å². The summed E-state index contributed by atoms with van der Waals surface area (Å²) < 4.78 is 11.9. The van der Waals surface area contributed by atoms with E-state index in [4.69, 9.17) is 9.47 Å². The zero-order valence-electron chi connectivity index (χ0n) is 15.0. The van der Waals surface area contributed by atoms with Crippen LogP contribution in [0, 0.1) is 0 Å². The monoisotopic (exact) mass is 415 g/mol. The first-order chi connectivity index (χ1) is 11.4. The van der Waals surface area contributed by atoms with Gasteiger partial charge in [0.15, 0.2) is 17.5 Å². The van der Waals surface area contributed by atoms with Crippen LogP contribution in [-0.4, -0.2) is 55.7 Å². The van der Waals surface area contributed by atoms with Gasteiger partial charge in [0, 0.05) is 37.2 Å². The molecule has 1 saturated heterocycles. The van der Waals surface area contributed by atoms with Gasteiger partial charge < -0.3 is 19.7 Å². The molecular weight excluding hydrogens is 390 g/mol. The van der Waals surface area contributed by atoms with Gasteiger partial charge in [-0.1, -0.05) is 0 Å². The largest absolute Gasteiger partial charge is 0.493 e. The third-order valence-corrected chi connectivity index (χ3v) is 5.77. The number of hydrogen-bond acceptors (Lipinski definition) is 4. The minimum absolute atomic E-state index is 0.252. The van der Waals surface area contributed by atoms with Crippen LogP contribution in [0.25, 0.3) is 0 Å². The fraction of sp³-hybridized carbons (Fsp3) is 0.588. The van der Waals surface area contributed by atoms with Crippen molar-refractivity contribution < 1.29 is 9.47 Å². The van der Waals surface area contributed by atoms with Gasteiger partial charge in [-0.3, -0.25) is 4.99 Å². The molecule has 1 aliphatic rings. The highest BCUT2D eigenvalue weighted by Gasteiger charge is 2.28. The van der Waals surface area contributed by atoms with Gasteiger partial charge in [-0.15, -0.1) is 0 Å². The topological polar surface area (TPSA) is 46.1 Å². The number of aliphatic imine (C=N–C) groups is 1. The van der Waals surface area contributed by atoms with Crippen LogP contribution in [0.5, 0.6) is 11.5 Å². The molecule has 7 heteroatoms. The molecule has 5 nitrogen and oxygen atoms in total. The molecule has 1 aromatic rings. The first-order valence-corrected chi connectivity index (χ1v) is 9.68. The van der Waals surface area contributed by atoms with E-state index in [1.165, 1.54) is 0 Å². The minimum atomic E-state index is 0.252. The SMILES string of the molecule is CN=C(NCc1cc(Br)c(OC)c(OC)c1)N1CCSC(C)(C)C1. The number of methoxy groups -OCH3 is 2. The molecule has 0 aliphatic carbocycles. The number of ether oxygens (including phenoxy) is 2. The molecule has 1 N–H and O–H groups in total. The Bertz CT molecular complexity index is 608. The first kappa shape index (κ1) is 19.2. The number of guanidine groups is 1. The fourth-order valence-corrected chi connectivity index (χ4v) is 4.55. The second-order valence-electron chi connectivity index (χ2n) is 6.24. The van der Waals surface area contributed by atoms with Crippen molar-refractivity contribution in [3.8, 4) is 11.5 Å². The maximum Gasteiger partial charge on any atom is 0.193 e. The van der Waals surface area contributed by atoms with Gasteiger partial charge in [0.25, 0.3) is 0 Å². The van der Waals surface area contributed by atoms with Gasteiger partial charge in [-0.05, 0) is 47.5 Å². The molecule has 1 fully saturated rings. The zero-order valence-corrected chi connectivity index (χ0v) is 17.4. The van der Waals surface area contributed by atoms with Crippen molar-refractivity contribution in [2.75, 3.05) is 40.1 Å². The van der Waals surface area contributed by atoms with Crippen LogP contribution in [-0.2, 0) is 6.54 Å². The van der Waals surface area contributed by atoms with Crippen LogP contribution in [0.2, 0.25) is 0 Å². The Morgan fingerprint density at radius 3 is 2.71 bits per heavy atom. The Hall–Kier alpha value is -1.08. The third-order valence-electron chi connectivity index (χ3n) is 3.88. The Kier molecular flexibility index (Phi) is 6.69. The number of hydrogen-bond donors (Lipinski definition) is 1. The number of thioether (sulfide) groups is 1. The smallest absolute Gasteiger partial charge is 0.193 e. The lowest BCUT2D eigenvalue weighted by Crippen LogP contribution is -2.50. The van der Waals surface area contributed by atoms with Gasteiger partial charge >= 0.3 is 0 Å². The van der Waals surface area contributed by atoms with Crippen LogP contribution in [0.1, 0.15) is 19.4 Å². The molecule has 24 heavy (non-hydrogen) atoms. The van der Waals surface area contributed by atoms with Gasteiger partial charge in [-0.2, -0.15) is 11.8 Å². The average Bonchev–Trinajstić information content (AvgIpc) is 2.54. The molecule has 1 heterocycles. The van der Waals surface area contributed by atoms with E-state index in [1.54, 1.807) is 14.2 Å². The van der Waals surface area contributed by atoms with Gasteiger partial charge in [0.1, 0.15) is 0 Å². The molecule has 0 aromatic heterocycles. The molecule has 0 amide bonds. The zero-order chi connectivity index (χ0) is 17.7. The molecule has 2 rings (SSSR count). The summed E-state index contributed by atoms with van der Waals surface area (Å²) in [6.07, 6.45) is 0. The fourth-order valence-electron chi connectivity index (χ4n) is 2.78. The standard InChI is InChI=1S/C17H26BrN3O2S/c1-17(2)11-21(6-7-24-17)16(19-3)20-10-12-8-13(18)15(23-5)14(9-12)22-4/h8-9H,6-7,10-11H2,1-5H3,(H,19,20). The number of rotatable bonds is 4. The van der Waals surface area contributed by atoms with Gasteiger partial charge in [0.2, 0.25) is 0 Å². The van der Waals surface area contributed by atoms with E-state index >= 15 is 0 Å². The summed E-state index contributed by atoms with van der Waals surface area (Å²) in [5.74, 6) is 3.49. The average molecular weight is 416 g/mol. The molecule has 0 saturated carbocycles. The molecular formula is C17H26BrN3O2S. The summed E-state index contributed by atoms with van der Waals surface area (Å²) in [6, 6.07) is 4.03. The Morgan fingerprint density at radius 1 is 1.38 bits per heavy atom. The van der Waals surface area contributed by atoms with Crippen LogP contribution < -0.4 is 14.8 Å². The minimum Gasteiger partial charge on any atom is -0.493 e. The van der Waals surface area contributed by atoms with Crippen LogP contribution in [0.4, 0.5) is 0 Å². The Labute approximate surface area is 157 Å². The molecule has 0 spiro atoms. The lowest BCUT2D eigenvalue weighted by molar-refractivity contribution is 0.352. The second-order valence-corrected chi connectivity index (χ2v) is 8.90. The number of nitrogens with zero attached hydrogens (tertiary/aromatic N) is 2. The number of nitrogens with one attached hydrogen (secondary N) is 1. The van der Waals surface area contributed by atoms with Crippen molar-refractivity contribution in [2.24, 2.45) is 4.99 Å². The molecule has 1 aromatic carbocycles. The Morgan fingerprint density at radius 2 is 2.12 bits per heavy atom. The molecule has 134 valence electrons. The molecule has 0 atom stereocenters. The van der Waals surface area contributed by atoms with Crippen LogP contribution in [0.15, 0.2) is 21.6 Å². The van der Waals surface area contributed by atoms with E-state index < -0.39 is 0 Å². The van der Waals surface area contributed by atoms with Crippen molar-refractivity contribution >= 4 is 33.7 Å². The van der Waals surface area contributed by atoms with E-state index in [0.717, 1.165) is 34.8 Å². The van der Waals surface area contributed by atoms with Crippen LogP contribution in [0.3, 0.4) is 0 Å². The van der Waals surface area contributed by atoms with E-state index in [1.807, 2.05) is 30.9 Å². The van der Waals surface area contributed by atoms with E-state index in [2.05, 4.69) is 45.0 Å². The van der Waals surface area contributed by atoms with Crippen molar-refractivity contribution in [3.05, 3.63) is 22.2 Å². The van der Waals surface area contributed by atoms with Gasteiger partial charge in [-0.25, -0.2) is 0 Å². The van der Waals surface area contributed by atoms with Crippen molar-refractivity contribution in [1.29, 1.82) is 0 Å². The third kappa shape index (κ3) is 4.72. The normalized spacial score (nSPS) is 17.6. The van der Waals surface area contributed by atoms with Crippen LogP contribution >= 0.6 is 27.7 Å². The highest BCUT2D eigenvalue weighted by atomic mass is 79.9. The van der Waals surface area contributed by atoms with Crippen molar-refractivity contribution in [2.45, 2.75) is 25.1 Å². The first-order valence-electron chi connectivity index (χ1n) is 7.90. The molecule has 0 bridgehead atoms. The lowest BCUT2D eigenvalue weighted by atomic mass is 10.2. The Balaban J connectivity index is 2.07. The number of halogens is 1. The van der Waals surface area contributed by atoms with Crippen molar-refractivity contribution in [1.82, 2.24) is 10.2 Å². The summed E-state index contributed by atoms with van der Waals surface area (Å²) in [5.41, 5.74) is 1.10. The van der Waals surface area contributed by atoms with Gasteiger partial charge in [0.05, 0.1) is 18.7 Å². The highest BCUT2D eigenvalue weighted by Crippen LogP contribution is 2.36. The van der Waals surface area contributed by atoms with E-state index in [-0.39, 0.29) is 4.75 Å². The maximum absolute atomic E-state index is 5.41. The summed E-state index contributed by atoms with van der Waals surface area (Å²) in [7, 11) is 5.12. The summed E-state index contributed by atoms with van der Waals surface area (Å²) in [5, 5.41) is 3.46. The summed E-state index contributed by atoms with van der Waals surface area (Å²) in [6.45, 7) is 7.25. The van der Waals surface area contributed by atoms with Crippen molar-refractivity contribution in [3.63, 3.8) is 0 Å². The quantitative estimate of drug-likeness (QED) is 0.603. The predicted octanol–water partition coefficient (Wildman–Crippen LogP) is 3.37. The predicted molar refractivity (Wildman–Crippen MR) is 106 cm³/mol. The maximum atomic E-state index is 5.41. The summed E-state index contributed by atoms with van der Waals surface area (Å²) in [4.78, 5) is 6.77. The number of benzene rings is 1. The highest BCUT2D eigenvalue weighted by molar-refractivity contribution is 9.10. The molecule has 0 unspecified atom stereocenters. The lowest BCUT2D eigenvalue weighted by Gasteiger charge is -2.39. The van der Waals surface area contributed by atoms with E-state index in [0.29, 0.717) is 18.0 Å².